The Morgan fingerprint density at radius 3 is 2.75 bits per heavy atom. The van der Waals surface area contributed by atoms with Gasteiger partial charge in [0.1, 0.15) is 5.75 Å². The Morgan fingerprint density at radius 2 is 2.00 bits per heavy atom. The Labute approximate surface area is 144 Å². The molecule has 1 fully saturated rings. The van der Waals surface area contributed by atoms with E-state index in [1.807, 2.05) is 43.3 Å². The molecule has 0 unspecified atom stereocenters. The second kappa shape index (κ2) is 6.93. The fourth-order valence-electron chi connectivity index (χ4n) is 2.62. The van der Waals surface area contributed by atoms with Crippen LogP contribution in [0.25, 0.3) is 16.8 Å². The van der Waals surface area contributed by atoms with Gasteiger partial charge < -0.3 is 4.74 Å². The zero-order chi connectivity index (χ0) is 17.1. The van der Waals surface area contributed by atoms with Crippen LogP contribution in [0.5, 0.6) is 5.75 Å². The monoisotopic (exact) mass is 339 g/mol. The molecule has 0 atom stereocenters. The van der Waals surface area contributed by atoms with Gasteiger partial charge in [0.05, 0.1) is 11.5 Å². The molecule has 122 valence electrons. The lowest BCUT2D eigenvalue weighted by Crippen LogP contribution is -2.27. The molecule has 1 aliphatic rings. The third-order valence-electron chi connectivity index (χ3n) is 3.69. The van der Waals surface area contributed by atoms with Gasteiger partial charge in [0, 0.05) is 12.1 Å². The minimum absolute atomic E-state index is 0.218. The lowest BCUT2D eigenvalue weighted by atomic mass is 10.0. The molecule has 0 bridgehead atoms. The Morgan fingerprint density at radius 1 is 1.21 bits per heavy atom. The number of imide groups is 1. The molecule has 2 amide bonds. The molecule has 2 aromatic rings. The van der Waals surface area contributed by atoms with Crippen molar-refractivity contribution in [2.45, 2.75) is 6.92 Å². The minimum Gasteiger partial charge on any atom is -0.493 e. The predicted octanol–water partition coefficient (Wildman–Crippen LogP) is 4.46. The Balaban J connectivity index is 2.11. The fourth-order valence-corrected chi connectivity index (χ4v) is 3.45. The van der Waals surface area contributed by atoms with Crippen LogP contribution in [0.3, 0.4) is 0 Å². The van der Waals surface area contributed by atoms with E-state index in [0.717, 1.165) is 28.1 Å². The number of nitrogens with zero attached hydrogens (tertiary/aromatic N) is 1. The molecule has 0 aromatic heterocycles. The van der Waals surface area contributed by atoms with Crippen LogP contribution in [0, 0.1) is 0 Å². The molecule has 24 heavy (non-hydrogen) atoms. The summed E-state index contributed by atoms with van der Waals surface area (Å²) >= 11 is 0.947. The second-order valence-corrected chi connectivity index (χ2v) is 6.21. The van der Waals surface area contributed by atoms with E-state index in [1.54, 1.807) is 12.2 Å². The summed E-state index contributed by atoms with van der Waals surface area (Å²) < 4.78 is 5.71. The zero-order valence-corrected chi connectivity index (χ0v) is 14.1. The number of hydrogen-bond donors (Lipinski definition) is 0. The highest BCUT2D eigenvalue weighted by atomic mass is 32.2. The maximum absolute atomic E-state index is 12.4. The predicted molar refractivity (Wildman–Crippen MR) is 98.0 cm³/mol. The van der Waals surface area contributed by atoms with Crippen LogP contribution in [0.15, 0.2) is 54.0 Å². The van der Waals surface area contributed by atoms with Gasteiger partial charge in [-0.25, -0.2) is 0 Å². The Kier molecular flexibility index (Phi) is 4.71. The van der Waals surface area contributed by atoms with Crippen LogP contribution >= 0.6 is 11.8 Å². The summed E-state index contributed by atoms with van der Waals surface area (Å²) in [5.41, 5.74) is 0.819. The summed E-state index contributed by atoms with van der Waals surface area (Å²) in [7, 11) is 0. The molecule has 2 aromatic carbocycles. The van der Waals surface area contributed by atoms with Crippen LogP contribution in [0.2, 0.25) is 0 Å². The average Bonchev–Trinajstić information content (AvgIpc) is 2.85. The molecule has 3 rings (SSSR count). The molecular formula is C19H17NO3S. The molecule has 0 aliphatic carbocycles. The highest BCUT2D eigenvalue weighted by molar-refractivity contribution is 8.18. The average molecular weight is 339 g/mol. The van der Waals surface area contributed by atoms with Crippen molar-refractivity contribution in [2.24, 2.45) is 0 Å². The minimum atomic E-state index is -0.291. The summed E-state index contributed by atoms with van der Waals surface area (Å²) in [6.45, 7) is 6.24. The summed E-state index contributed by atoms with van der Waals surface area (Å²) in [6.07, 6.45) is 3.30. The molecule has 0 N–H and O–H groups in total. The van der Waals surface area contributed by atoms with Crippen molar-refractivity contribution in [3.05, 3.63) is 59.5 Å². The summed E-state index contributed by atoms with van der Waals surface area (Å²) in [5, 5.41) is 1.76. The number of carbonyl (C=O) groups excluding carboxylic acids is 2. The van der Waals surface area contributed by atoms with Crippen LogP contribution in [-0.4, -0.2) is 29.2 Å². The molecule has 1 heterocycles. The van der Waals surface area contributed by atoms with Gasteiger partial charge in [-0.05, 0) is 41.6 Å². The van der Waals surface area contributed by atoms with Crippen LogP contribution < -0.4 is 4.74 Å². The lowest BCUT2D eigenvalue weighted by Gasteiger charge is -2.11. The molecule has 5 heteroatoms. The van der Waals surface area contributed by atoms with Gasteiger partial charge >= 0.3 is 0 Å². The van der Waals surface area contributed by atoms with E-state index in [2.05, 4.69) is 6.58 Å². The van der Waals surface area contributed by atoms with Crippen molar-refractivity contribution in [2.75, 3.05) is 13.2 Å². The van der Waals surface area contributed by atoms with Gasteiger partial charge in [-0.2, -0.15) is 0 Å². The van der Waals surface area contributed by atoms with Crippen molar-refractivity contribution >= 4 is 39.8 Å². The third-order valence-corrected chi connectivity index (χ3v) is 4.60. The summed E-state index contributed by atoms with van der Waals surface area (Å²) in [6, 6.07) is 11.8. The largest absolute Gasteiger partial charge is 0.493 e. The quantitative estimate of drug-likeness (QED) is 0.596. The normalized spacial score (nSPS) is 16.2. The van der Waals surface area contributed by atoms with Gasteiger partial charge in [-0.1, -0.05) is 36.4 Å². The SMILES string of the molecule is C=CCN1C(=O)S/C(=C/c2c(OCC)ccc3ccccc23)C1=O. The summed E-state index contributed by atoms with van der Waals surface area (Å²) in [4.78, 5) is 26.0. The van der Waals surface area contributed by atoms with Crippen molar-refractivity contribution < 1.29 is 14.3 Å². The van der Waals surface area contributed by atoms with E-state index < -0.39 is 0 Å². The van der Waals surface area contributed by atoms with E-state index in [-0.39, 0.29) is 17.7 Å². The molecule has 1 saturated heterocycles. The molecule has 4 nitrogen and oxygen atoms in total. The lowest BCUT2D eigenvalue weighted by molar-refractivity contribution is -0.122. The van der Waals surface area contributed by atoms with Crippen LogP contribution in [-0.2, 0) is 4.79 Å². The number of thioether (sulfide) groups is 1. The molecule has 0 radical (unpaired) electrons. The number of fused-ring (bicyclic) bond motifs is 1. The van der Waals surface area contributed by atoms with Crippen LogP contribution in [0.4, 0.5) is 4.79 Å². The second-order valence-electron chi connectivity index (χ2n) is 5.21. The maximum Gasteiger partial charge on any atom is 0.293 e. The maximum atomic E-state index is 12.4. The first-order chi connectivity index (χ1) is 11.7. The van der Waals surface area contributed by atoms with Gasteiger partial charge in [0.2, 0.25) is 0 Å². The Bertz CT molecular complexity index is 857. The van der Waals surface area contributed by atoms with Crippen molar-refractivity contribution in [1.29, 1.82) is 0 Å². The van der Waals surface area contributed by atoms with E-state index >= 15 is 0 Å². The highest BCUT2D eigenvalue weighted by Crippen LogP contribution is 2.36. The zero-order valence-electron chi connectivity index (χ0n) is 13.3. The number of carbonyl (C=O) groups is 2. The third kappa shape index (κ3) is 2.95. The van der Waals surface area contributed by atoms with Crippen molar-refractivity contribution in [3.8, 4) is 5.75 Å². The van der Waals surface area contributed by atoms with Crippen LogP contribution in [0.1, 0.15) is 12.5 Å². The van der Waals surface area contributed by atoms with Gasteiger partial charge in [-0.15, -0.1) is 6.58 Å². The molecule has 1 aliphatic heterocycles. The molecule has 0 saturated carbocycles. The number of rotatable bonds is 5. The summed E-state index contributed by atoms with van der Waals surface area (Å²) in [5.74, 6) is 0.409. The molecular weight excluding hydrogens is 322 g/mol. The number of benzene rings is 2. The highest BCUT2D eigenvalue weighted by Gasteiger charge is 2.34. The number of ether oxygens (including phenoxy) is 1. The van der Waals surface area contributed by atoms with E-state index in [4.69, 9.17) is 4.74 Å². The first-order valence-electron chi connectivity index (χ1n) is 7.66. The topological polar surface area (TPSA) is 46.6 Å². The standard InChI is InChI=1S/C19H17NO3S/c1-3-11-20-18(21)17(24-19(20)22)12-15-14-8-6-5-7-13(14)9-10-16(15)23-4-2/h3,5-10,12H,1,4,11H2,2H3/b17-12+. The van der Waals surface area contributed by atoms with E-state index in [0.29, 0.717) is 17.3 Å². The first kappa shape index (κ1) is 16.3. The number of amides is 2. The fraction of sp³-hybridized carbons (Fsp3) is 0.158. The smallest absolute Gasteiger partial charge is 0.293 e. The van der Waals surface area contributed by atoms with Gasteiger partial charge in [-0.3, -0.25) is 14.5 Å². The molecule has 0 spiro atoms. The first-order valence-corrected chi connectivity index (χ1v) is 8.48. The van der Waals surface area contributed by atoms with Gasteiger partial charge in [0.25, 0.3) is 11.1 Å². The number of hydrogen-bond acceptors (Lipinski definition) is 4. The van der Waals surface area contributed by atoms with E-state index in [9.17, 15) is 9.59 Å². The van der Waals surface area contributed by atoms with E-state index in [1.165, 1.54) is 4.90 Å². The Hall–Kier alpha value is -2.53. The van der Waals surface area contributed by atoms with Gasteiger partial charge in [0.15, 0.2) is 0 Å². The van der Waals surface area contributed by atoms with Crippen molar-refractivity contribution in [1.82, 2.24) is 4.90 Å². The van der Waals surface area contributed by atoms with Crippen molar-refractivity contribution in [3.63, 3.8) is 0 Å².